The molecule has 17 heavy (non-hydrogen) atoms. The van der Waals surface area contributed by atoms with Crippen LogP contribution < -0.4 is 0 Å². The smallest absolute Gasteiger partial charge is 0.265 e. The summed E-state index contributed by atoms with van der Waals surface area (Å²) >= 11 is 0. The second kappa shape index (κ2) is 4.78. The highest BCUT2D eigenvalue weighted by atomic mass is 19.4. The zero-order valence-corrected chi connectivity index (χ0v) is 9.91. The SMILES string of the molecule is CC(C)c1cc(C(F)(F)F)nn1C(C)CC#N. The summed E-state index contributed by atoms with van der Waals surface area (Å²) in [5, 5.41) is 12.1. The zero-order valence-electron chi connectivity index (χ0n) is 9.91. The van der Waals surface area contributed by atoms with Gasteiger partial charge in [0.1, 0.15) is 0 Å². The van der Waals surface area contributed by atoms with Crippen molar-refractivity contribution in [3.63, 3.8) is 0 Å². The lowest BCUT2D eigenvalue weighted by Crippen LogP contribution is -2.13. The predicted molar refractivity (Wildman–Crippen MR) is 56.3 cm³/mol. The Labute approximate surface area is 97.8 Å². The van der Waals surface area contributed by atoms with Gasteiger partial charge in [-0.15, -0.1) is 0 Å². The van der Waals surface area contributed by atoms with Crippen LogP contribution in [0.2, 0.25) is 0 Å². The minimum absolute atomic E-state index is 0.0697. The second-order valence-electron chi connectivity index (χ2n) is 4.26. The third-order valence-corrected chi connectivity index (χ3v) is 2.45. The molecule has 0 N–H and O–H groups in total. The Morgan fingerprint density at radius 2 is 2.00 bits per heavy atom. The molecule has 3 nitrogen and oxygen atoms in total. The van der Waals surface area contributed by atoms with Gasteiger partial charge in [0.15, 0.2) is 5.69 Å². The van der Waals surface area contributed by atoms with Crippen LogP contribution in [-0.2, 0) is 6.18 Å². The third-order valence-electron chi connectivity index (χ3n) is 2.45. The van der Waals surface area contributed by atoms with E-state index in [1.54, 1.807) is 20.8 Å². The summed E-state index contributed by atoms with van der Waals surface area (Å²) in [7, 11) is 0. The van der Waals surface area contributed by atoms with Crippen LogP contribution >= 0.6 is 0 Å². The van der Waals surface area contributed by atoms with Gasteiger partial charge in [0.05, 0.1) is 18.5 Å². The number of alkyl halides is 3. The molecule has 1 heterocycles. The summed E-state index contributed by atoms with van der Waals surface area (Å²) < 4.78 is 39.0. The van der Waals surface area contributed by atoms with E-state index in [4.69, 9.17) is 5.26 Å². The van der Waals surface area contributed by atoms with Gasteiger partial charge >= 0.3 is 6.18 Å². The summed E-state index contributed by atoms with van der Waals surface area (Å²) in [4.78, 5) is 0. The predicted octanol–water partition coefficient (Wildman–Crippen LogP) is 3.50. The fourth-order valence-electron chi connectivity index (χ4n) is 1.55. The molecule has 0 aromatic carbocycles. The monoisotopic (exact) mass is 245 g/mol. The molecule has 0 saturated heterocycles. The molecule has 1 unspecified atom stereocenters. The Bertz CT molecular complexity index is 426. The number of nitriles is 1. The average Bonchev–Trinajstić information content (AvgIpc) is 2.61. The average molecular weight is 245 g/mol. The van der Waals surface area contributed by atoms with E-state index in [1.165, 1.54) is 4.68 Å². The Hall–Kier alpha value is -1.51. The van der Waals surface area contributed by atoms with E-state index < -0.39 is 11.9 Å². The normalized spacial score (nSPS) is 13.8. The van der Waals surface area contributed by atoms with Gasteiger partial charge in [-0.05, 0) is 18.9 Å². The maximum absolute atomic E-state index is 12.6. The molecular formula is C11H14F3N3. The van der Waals surface area contributed by atoms with E-state index in [1.807, 2.05) is 6.07 Å². The molecule has 0 fully saturated rings. The first-order valence-electron chi connectivity index (χ1n) is 5.31. The molecule has 1 atom stereocenters. The molecule has 0 aliphatic rings. The van der Waals surface area contributed by atoms with Crippen molar-refractivity contribution in [3.8, 4) is 6.07 Å². The van der Waals surface area contributed by atoms with Gasteiger partial charge in [-0.25, -0.2) is 0 Å². The highest BCUT2D eigenvalue weighted by molar-refractivity contribution is 5.17. The van der Waals surface area contributed by atoms with Crippen molar-refractivity contribution in [1.82, 2.24) is 9.78 Å². The van der Waals surface area contributed by atoms with Gasteiger partial charge in [0.2, 0.25) is 0 Å². The fourth-order valence-corrected chi connectivity index (χ4v) is 1.55. The van der Waals surface area contributed by atoms with Gasteiger partial charge < -0.3 is 0 Å². The maximum atomic E-state index is 12.6. The lowest BCUT2D eigenvalue weighted by molar-refractivity contribution is -0.141. The number of halogens is 3. The van der Waals surface area contributed by atoms with Crippen molar-refractivity contribution >= 4 is 0 Å². The van der Waals surface area contributed by atoms with Gasteiger partial charge in [0.25, 0.3) is 0 Å². The van der Waals surface area contributed by atoms with E-state index in [0.29, 0.717) is 5.69 Å². The number of aromatic nitrogens is 2. The van der Waals surface area contributed by atoms with Gasteiger partial charge in [-0.1, -0.05) is 13.8 Å². The van der Waals surface area contributed by atoms with Crippen LogP contribution in [0.5, 0.6) is 0 Å². The lowest BCUT2D eigenvalue weighted by Gasteiger charge is -2.14. The van der Waals surface area contributed by atoms with E-state index in [9.17, 15) is 13.2 Å². The molecule has 0 aliphatic heterocycles. The molecule has 94 valence electrons. The van der Waals surface area contributed by atoms with Crippen molar-refractivity contribution in [2.24, 2.45) is 0 Å². The van der Waals surface area contributed by atoms with Gasteiger partial charge in [-0.3, -0.25) is 4.68 Å². The highest BCUT2D eigenvalue weighted by Crippen LogP contribution is 2.31. The maximum Gasteiger partial charge on any atom is 0.435 e. The molecule has 0 spiro atoms. The second-order valence-corrected chi connectivity index (χ2v) is 4.26. The number of hydrogen-bond acceptors (Lipinski definition) is 2. The van der Waals surface area contributed by atoms with Crippen molar-refractivity contribution in [1.29, 1.82) is 5.26 Å². The molecule has 0 radical (unpaired) electrons. The Morgan fingerprint density at radius 1 is 1.41 bits per heavy atom. The summed E-state index contributed by atoms with van der Waals surface area (Å²) in [5.41, 5.74) is -0.397. The third kappa shape index (κ3) is 2.99. The van der Waals surface area contributed by atoms with Crippen LogP contribution in [0.4, 0.5) is 13.2 Å². The van der Waals surface area contributed by atoms with E-state index in [2.05, 4.69) is 5.10 Å². The first kappa shape index (κ1) is 13.6. The molecular weight excluding hydrogens is 231 g/mol. The molecule has 1 aromatic rings. The van der Waals surface area contributed by atoms with Crippen molar-refractivity contribution in [2.45, 2.75) is 45.3 Å². The van der Waals surface area contributed by atoms with Crippen LogP contribution in [0.1, 0.15) is 50.5 Å². The molecule has 0 amide bonds. The van der Waals surface area contributed by atoms with Crippen molar-refractivity contribution < 1.29 is 13.2 Å². The summed E-state index contributed by atoms with van der Waals surface area (Å²) in [6.45, 7) is 5.28. The highest BCUT2D eigenvalue weighted by Gasteiger charge is 2.35. The molecule has 6 heteroatoms. The van der Waals surface area contributed by atoms with Crippen LogP contribution in [0, 0.1) is 11.3 Å². The Morgan fingerprint density at radius 3 is 2.41 bits per heavy atom. The lowest BCUT2D eigenvalue weighted by atomic mass is 10.1. The largest absolute Gasteiger partial charge is 0.435 e. The summed E-state index contributed by atoms with van der Waals surface area (Å²) in [5.74, 6) is -0.0697. The minimum atomic E-state index is -4.44. The Balaban J connectivity index is 3.20. The molecule has 1 aromatic heterocycles. The molecule has 0 bridgehead atoms. The van der Waals surface area contributed by atoms with Crippen LogP contribution in [0.3, 0.4) is 0 Å². The van der Waals surface area contributed by atoms with Crippen LogP contribution in [0.15, 0.2) is 6.07 Å². The standard InChI is InChI=1S/C11H14F3N3/c1-7(2)9-6-10(11(12,13)14)16-17(9)8(3)4-5-15/h6-8H,4H2,1-3H3. The number of rotatable bonds is 3. The van der Waals surface area contributed by atoms with Crippen LogP contribution in [0.25, 0.3) is 0 Å². The summed E-state index contributed by atoms with van der Waals surface area (Å²) in [6, 6.07) is 2.64. The van der Waals surface area contributed by atoms with Gasteiger partial charge in [0, 0.05) is 5.69 Å². The zero-order chi connectivity index (χ0) is 13.2. The van der Waals surface area contributed by atoms with E-state index >= 15 is 0 Å². The minimum Gasteiger partial charge on any atom is -0.265 e. The van der Waals surface area contributed by atoms with E-state index in [0.717, 1.165) is 6.07 Å². The molecule has 0 saturated carbocycles. The number of hydrogen-bond donors (Lipinski definition) is 0. The van der Waals surface area contributed by atoms with Crippen LogP contribution in [-0.4, -0.2) is 9.78 Å². The number of nitrogens with zero attached hydrogens (tertiary/aromatic N) is 3. The molecule has 0 aliphatic carbocycles. The van der Waals surface area contributed by atoms with Crippen molar-refractivity contribution in [2.75, 3.05) is 0 Å². The van der Waals surface area contributed by atoms with E-state index in [-0.39, 0.29) is 18.4 Å². The first-order chi connectivity index (χ1) is 7.77. The van der Waals surface area contributed by atoms with Gasteiger partial charge in [-0.2, -0.15) is 23.5 Å². The summed E-state index contributed by atoms with van der Waals surface area (Å²) in [6.07, 6.45) is -4.31. The first-order valence-corrected chi connectivity index (χ1v) is 5.31. The fraction of sp³-hybridized carbons (Fsp3) is 0.636. The Kier molecular flexibility index (Phi) is 3.81. The van der Waals surface area contributed by atoms with Crippen molar-refractivity contribution in [3.05, 3.63) is 17.5 Å². The molecule has 1 rings (SSSR count). The quantitative estimate of drug-likeness (QED) is 0.817. The topological polar surface area (TPSA) is 41.6 Å².